The van der Waals surface area contributed by atoms with Crippen LogP contribution < -0.4 is 19.5 Å². The molecule has 2 aromatic rings. The zero-order chi connectivity index (χ0) is 19.6. The average molecular weight is 373 g/mol. The van der Waals surface area contributed by atoms with E-state index in [1.165, 1.54) is 13.2 Å². The molecule has 0 aliphatic rings. The molecule has 2 aromatic carbocycles. The van der Waals surface area contributed by atoms with Crippen molar-refractivity contribution in [2.45, 2.75) is 13.8 Å². The van der Waals surface area contributed by atoms with Gasteiger partial charge in [0.05, 0.1) is 31.6 Å². The van der Waals surface area contributed by atoms with Crippen LogP contribution in [0.5, 0.6) is 17.2 Å². The molecule has 0 saturated heterocycles. The smallest absolute Gasteiger partial charge is 0.338 e. The molecule has 0 aromatic heterocycles. The Balaban J connectivity index is 2.06. The molecule has 1 N–H and O–H groups in total. The summed E-state index contributed by atoms with van der Waals surface area (Å²) in [6, 6.07) is 11.8. The van der Waals surface area contributed by atoms with Gasteiger partial charge in [0.25, 0.3) is 5.91 Å². The molecule has 7 nitrogen and oxygen atoms in total. The summed E-state index contributed by atoms with van der Waals surface area (Å²) in [7, 11) is 1.53. The van der Waals surface area contributed by atoms with Gasteiger partial charge in [-0.15, -0.1) is 0 Å². The SMILES string of the molecule is CCOC(=O)c1ccc(NC(=O)COc2ccccc2OC)c(OCC)c1. The molecule has 0 aliphatic carbocycles. The Morgan fingerprint density at radius 1 is 0.926 bits per heavy atom. The fraction of sp³-hybridized carbons (Fsp3) is 0.300. The van der Waals surface area contributed by atoms with Crippen LogP contribution in [0.1, 0.15) is 24.2 Å². The van der Waals surface area contributed by atoms with Gasteiger partial charge in [0.1, 0.15) is 5.75 Å². The van der Waals surface area contributed by atoms with Crippen LogP contribution in [-0.2, 0) is 9.53 Å². The number of benzene rings is 2. The Morgan fingerprint density at radius 2 is 1.67 bits per heavy atom. The highest BCUT2D eigenvalue weighted by molar-refractivity contribution is 5.95. The van der Waals surface area contributed by atoms with Gasteiger partial charge in [-0.1, -0.05) is 12.1 Å². The fourth-order valence-corrected chi connectivity index (χ4v) is 2.31. The summed E-state index contributed by atoms with van der Waals surface area (Å²) in [5, 5.41) is 2.72. The Bertz CT molecular complexity index is 790. The van der Waals surface area contributed by atoms with E-state index in [0.29, 0.717) is 35.1 Å². The van der Waals surface area contributed by atoms with E-state index in [1.807, 2.05) is 13.0 Å². The Labute approximate surface area is 158 Å². The summed E-state index contributed by atoms with van der Waals surface area (Å²) in [5.41, 5.74) is 0.794. The minimum Gasteiger partial charge on any atom is -0.493 e. The Hall–Kier alpha value is -3.22. The minimum absolute atomic E-state index is 0.203. The number of carbonyl (C=O) groups excluding carboxylic acids is 2. The highest BCUT2D eigenvalue weighted by atomic mass is 16.5. The second kappa shape index (κ2) is 10.1. The number of nitrogens with one attached hydrogen (secondary N) is 1. The van der Waals surface area contributed by atoms with Gasteiger partial charge in [0.2, 0.25) is 0 Å². The van der Waals surface area contributed by atoms with Gasteiger partial charge < -0.3 is 24.3 Å². The van der Waals surface area contributed by atoms with Crippen LogP contribution in [-0.4, -0.2) is 38.8 Å². The first-order valence-electron chi connectivity index (χ1n) is 8.58. The molecule has 1 amide bonds. The number of para-hydroxylation sites is 2. The molecule has 7 heteroatoms. The van der Waals surface area contributed by atoms with E-state index in [1.54, 1.807) is 37.3 Å². The maximum absolute atomic E-state index is 12.2. The molecule has 0 heterocycles. The molecule has 2 rings (SSSR count). The number of carbonyl (C=O) groups is 2. The molecule has 0 unspecified atom stereocenters. The van der Waals surface area contributed by atoms with Crippen molar-refractivity contribution in [3.05, 3.63) is 48.0 Å². The van der Waals surface area contributed by atoms with Crippen molar-refractivity contribution in [1.29, 1.82) is 0 Å². The number of anilines is 1. The predicted octanol–water partition coefficient (Wildman–Crippen LogP) is 3.29. The summed E-state index contributed by atoms with van der Waals surface area (Å²) >= 11 is 0. The van der Waals surface area contributed by atoms with Gasteiger partial charge in [0.15, 0.2) is 18.1 Å². The van der Waals surface area contributed by atoms with E-state index in [0.717, 1.165) is 0 Å². The molecule has 0 aliphatic heterocycles. The van der Waals surface area contributed by atoms with E-state index < -0.39 is 5.97 Å². The lowest BCUT2D eigenvalue weighted by atomic mass is 10.2. The molecular weight excluding hydrogens is 350 g/mol. The van der Waals surface area contributed by atoms with Crippen LogP contribution in [0.4, 0.5) is 5.69 Å². The molecule has 0 saturated carbocycles. The predicted molar refractivity (Wildman–Crippen MR) is 101 cm³/mol. The maximum Gasteiger partial charge on any atom is 0.338 e. The zero-order valence-corrected chi connectivity index (χ0v) is 15.6. The number of methoxy groups -OCH3 is 1. The zero-order valence-electron chi connectivity index (χ0n) is 15.6. The summed E-state index contributed by atoms with van der Waals surface area (Å²) < 4.78 is 21.2. The van der Waals surface area contributed by atoms with E-state index in [9.17, 15) is 9.59 Å². The number of ether oxygens (including phenoxy) is 4. The van der Waals surface area contributed by atoms with E-state index in [2.05, 4.69) is 5.32 Å². The van der Waals surface area contributed by atoms with Gasteiger partial charge in [-0.25, -0.2) is 4.79 Å². The number of amides is 1. The largest absolute Gasteiger partial charge is 0.493 e. The van der Waals surface area contributed by atoms with Gasteiger partial charge in [-0.3, -0.25) is 4.79 Å². The summed E-state index contributed by atoms with van der Waals surface area (Å²) in [6.07, 6.45) is 0. The highest BCUT2D eigenvalue weighted by Gasteiger charge is 2.14. The van der Waals surface area contributed by atoms with Crippen molar-refractivity contribution in [3.63, 3.8) is 0 Å². The van der Waals surface area contributed by atoms with Crippen molar-refractivity contribution in [3.8, 4) is 17.2 Å². The normalized spacial score (nSPS) is 10.0. The van der Waals surface area contributed by atoms with E-state index in [-0.39, 0.29) is 19.1 Å². The molecule has 144 valence electrons. The average Bonchev–Trinajstić information content (AvgIpc) is 2.68. The third-order valence-corrected chi connectivity index (χ3v) is 3.49. The Morgan fingerprint density at radius 3 is 2.33 bits per heavy atom. The molecule has 0 radical (unpaired) electrons. The molecule has 27 heavy (non-hydrogen) atoms. The lowest BCUT2D eigenvalue weighted by Crippen LogP contribution is -2.21. The molecule has 0 bridgehead atoms. The lowest BCUT2D eigenvalue weighted by molar-refractivity contribution is -0.118. The third-order valence-electron chi connectivity index (χ3n) is 3.49. The standard InChI is InChI=1S/C20H23NO6/c1-4-25-18-12-14(20(23)26-5-2)10-11-15(18)21-19(22)13-27-17-9-7-6-8-16(17)24-3/h6-12H,4-5,13H2,1-3H3,(H,21,22). The van der Waals surface area contributed by atoms with Crippen molar-refractivity contribution < 1.29 is 28.5 Å². The van der Waals surface area contributed by atoms with E-state index in [4.69, 9.17) is 18.9 Å². The molecule has 0 atom stereocenters. The maximum atomic E-state index is 12.2. The van der Waals surface area contributed by atoms with E-state index >= 15 is 0 Å². The Kier molecular flexibility index (Phi) is 7.49. The third kappa shape index (κ3) is 5.64. The van der Waals surface area contributed by atoms with Crippen molar-refractivity contribution in [1.82, 2.24) is 0 Å². The van der Waals surface area contributed by atoms with Gasteiger partial charge >= 0.3 is 5.97 Å². The summed E-state index contributed by atoms with van der Waals surface area (Å²) in [5.74, 6) is 0.576. The van der Waals surface area contributed by atoms with Crippen LogP contribution in [0.3, 0.4) is 0 Å². The van der Waals surface area contributed by atoms with Crippen molar-refractivity contribution >= 4 is 17.6 Å². The van der Waals surface area contributed by atoms with Crippen molar-refractivity contribution in [2.75, 3.05) is 32.2 Å². The van der Waals surface area contributed by atoms with Gasteiger partial charge in [0, 0.05) is 0 Å². The monoisotopic (exact) mass is 373 g/mol. The quantitative estimate of drug-likeness (QED) is 0.679. The summed E-state index contributed by atoms with van der Waals surface area (Å²) in [4.78, 5) is 24.1. The molecule has 0 fully saturated rings. The van der Waals surface area contributed by atoms with Crippen LogP contribution in [0.15, 0.2) is 42.5 Å². The molecule has 0 spiro atoms. The number of esters is 1. The first-order valence-corrected chi connectivity index (χ1v) is 8.58. The second-order valence-corrected chi connectivity index (χ2v) is 5.35. The minimum atomic E-state index is -0.448. The summed E-state index contributed by atoms with van der Waals surface area (Å²) in [6.45, 7) is 4.01. The number of hydrogen-bond acceptors (Lipinski definition) is 6. The van der Waals surface area contributed by atoms with Crippen LogP contribution in [0.25, 0.3) is 0 Å². The first-order chi connectivity index (χ1) is 13.1. The highest BCUT2D eigenvalue weighted by Crippen LogP contribution is 2.28. The molecular formula is C20H23NO6. The number of rotatable bonds is 9. The number of hydrogen-bond donors (Lipinski definition) is 1. The van der Waals surface area contributed by atoms with Crippen LogP contribution in [0, 0.1) is 0 Å². The first kappa shape index (κ1) is 20.1. The van der Waals surface area contributed by atoms with Crippen LogP contribution >= 0.6 is 0 Å². The van der Waals surface area contributed by atoms with Gasteiger partial charge in [-0.2, -0.15) is 0 Å². The van der Waals surface area contributed by atoms with Crippen LogP contribution in [0.2, 0.25) is 0 Å². The fourth-order valence-electron chi connectivity index (χ4n) is 2.31. The lowest BCUT2D eigenvalue weighted by Gasteiger charge is -2.14. The van der Waals surface area contributed by atoms with Crippen molar-refractivity contribution in [2.24, 2.45) is 0 Å². The second-order valence-electron chi connectivity index (χ2n) is 5.35. The van der Waals surface area contributed by atoms with Gasteiger partial charge in [-0.05, 0) is 44.2 Å². The topological polar surface area (TPSA) is 83.1 Å².